The summed E-state index contributed by atoms with van der Waals surface area (Å²) >= 11 is 0. The van der Waals surface area contributed by atoms with Gasteiger partial charge in [-0.3, -0.25) is 15.0 Å². The van der Waals surface area contributed by atoms with Crippen LogP contribution in [0.2, 0.25) is 0 Å². The summed E-state index contributed by atoms with van der Waals surface area (Å²) in [6.07, 6.45) is 3.32. The maximum atomic E-state index is 12.1. The van der Waals surface area contributed by atoms with E-state index in [-0.39, 0.29) is 5.84 Å². The number of amides is 1. The zero-order valence-corrected chi connectivity index (χ0v) is 16.0. The SMILES string of the molecule is C=C.CCN=C1C(=C(C)C)C(NCc2ccc3cc[nH]c3c2)=CC(=O)N1O. The van der Waals surface area contributed by atoms with Crippen molar-refractivity contribution in [1.29, 1.82) is 0 Å². The van der Waals surface area contributed by atoms with E-state index in [2.05, 4.69) is 46.7 Å². The van der Waals surface area contributed by atoms with Crippen LogP contribution in [-0.2, 0) is 11.3 Å². The minimum atomic E-state index is -0.500. The van der Waals surface area contributed by atoms with E-state index in [1.165, 1.54) is 6.08 Å². The summed E-state index contributed by atoms with van der Waals surface area (Å²) in [4.78, 5) is 19.5. The molecule has 1 aliphatic rings. The van der Waals surface area contributed by atoms with Gasteiger partial charge in [0.25, 0.3) is 5.91 Å². The van der Waals surface area contributed by atoms with E-state index in [9.17, 15) is 10.0 Å². The van der Waals surface area contributed by atoms with Crippen molar-refractivity contribution in [3.05, 3.63) is 72.1 Å². The average molecular weight is 366 g/mol. The van der Waals surface area contributed by atoms with E-state index in [0.29, 0.717) is 23.8 Å². The van der Waals surface area contributed by atoms with Gasteiger partial charge in [0.05, 0.1) is 5.70 Å². The molecule has 0 spiro atoms. The summed E-state index contributed by atoms with van der Waals surface area (Å²) in [5, 5.41) is 15.1. The normalized spacial score (nSPS) is 15.5. The fourth-order valence-corrected chi connectivity index (χ4v) is 2.92. The lowest BCUT2D eigenvalue weighted by molar-refractivity contribution is -0.143. The van der Waals surface area contributed by atoms with Crippen LogP contribution < -0.4 is 5.32 Å². The number of fused-ring (bicyclic) bond motifs is 1. The van der Waals surface area contributed by atoms with Crippen LogP contribution in [0.1, 0.15) is 26.3 Å². The van der Waals surface area contributed by atoms with Crippen LogP contribution in [0.15, 0.2) is 71.5 Å². The second-order valence-electron chi connectivity index (χ2n) is 6.13. The van der Waals surface area contributed by atoms with Crippen molar-refractivity contribution < 1.29 is 10.0 Å². The van der Waals surface area contributed by atoms with Gasteiger partial charge in [0.1, 0.15) is 0 Å². The molecular weight excluding hydrogens is 340 g/mol. The van der Waals surface area contributed by atoms with Gasteiger partial charge >= 0.3 is 0 Å². The Bertz CT molecular complexity index is 917. The lowest BCUT2D eigenvalue weighted by Crippen LogP contribution is -2.41. The summed E-state index contributed by atoms with van der Waals surface area (Å²) in [7, 11) is 0. The molecule has 0 saturated heterocycles. The number of carbonyl (C=O) groups is 1. The smallest absolute Gasteiger partial charge is 0.278 e. The zero-order chi connectivity index (χ0) is 20.0. The Morgan fingerprint density at radius 2 is 2.04 bits per heavy atom. The van der Waals surface area contributed by atoms with Crippen LogP contribution in [0, 0.1) is 0 Å². The molecule has 6 heteroatoms. The highest BCUT2D eigenvalue weighted by Crippen LogP contribution is 2.22. The second kappa shape index (κ2) is 9.00. The third-order valence-corrected chi connectivity index (χ3v) is 4.08. The van der Waals surface area contributed by atoms with Crippen molar-refractivity contribution in [3.63, 3.8) is 0 Å². The molecule has 0 unspecified atom stereocenters. The standard InChI is InChI=1S/C19H22N4O2.C2H4/c1-4-20-19-18(12(2)3)16(10-17(24)23(19)25)22-11-13-5-6-14-7-8-21-15(14)9-13;1-2/h5-10,21-22,25H,4,11H2,1-3H3;1-2H2. The third kappa shape index (κ3) is 4.35. The molecule has 0 bridgehead atoms. The van der Waals surface area contributed by atoms with Gasteiger partial charge in [-0.1, -0.05) is 17.7 Å². The number of hydrogen-bond acceptors (Lipinski definition) is 4. The van der Waals surface area contributed by atoms with Crippen molar-refractivity contribution in [2.45, 2.75) is 27.3 Å². The molecule has 6 nitrogen and oxygen atoms in total. The van der Waals surface area contributed by atoms with Gasteiger partial charge < -0.3 is 10.3 Å². The lowest BCUT2D eigenvalue weighted by Gasteiger charge is -2.27. The molecule has 2 aromatic rings. The number of rotatable bonds is 4. The van der Waals surface area contributed by atoms with Gasteiger partial charge in [-0.2, -0.15) is 5.06 Å². The van der Waals surface area contributed by atoms with Gasteiger partial charge in [0, 0.05) is 36.5 Å². The van der Waals surface area contributed by atoms with Crippen LogP contribution in [0.4, 0.5) is 0 Å². The van der Waals surface area contributed by atoms with Crippen LogP contribution in [0.25, 0.3) is 10.9 Å². The fourth-order valence-electron chi connectivity index (χ4n) is 2.92. The molecule has 3 rings (SSSR count). The summed E-state index contributed by atoms with van der Waals surface area (Å²) < 4.78 is 0. The molecule has 2 heterocycles. The Hall–Kier alpha value is -3.12. The molecule has 1 aromatic carbocycles. The fraction of sp³-hybridized carbons (Fsp3) is 0.238. The first-order valence-corrected chi connectivity index (χ1v) is 8.78. The van der Waals surface area contributed by atoms with Gasteiger partial charge in [-0.05, 0) is 43.9 Å². The summed E-state index contributed by atoms with van der Waals surface area (Å²) in [5.74, 6) is -0.211. The van der Waals surface area contributed by atoms with Crippen LogP contribution in [-0.4, -0.2) is 33.5 Å². The van der Waals surface area contributed by atoms with Crippen LogP contribution in [0.5, 0.6) is 0 Å². The number of hydroxylamine groups is 2. The quantitative estimate of drug-likeness (QED) is 0.566. The van der Waals surface area contributed by atoms with E-state index >= 15 is 0 Å². The van der Waals surface area contributed by atoms with E-state index < -0.39 is 5.91 Å². The summed E-state index contributed by atoms with van der Waals surface area (Å²) in [6, 6.07) is 8.22. The minimum absolute atomic E-state index is 0.289. The van der Waals surface area contributed by atoms with Gasteiger partial charge in [-0.25, -0.2) is 0 Å². The number of carbonyl (C=O) groups excluding carboxylic acids is 1. The van der Waals surface area contributed by atoms with Crippen LogP contribution in [0.3, 0.4) is 0 Å². The number of H-pyrrole nitrogens is 1. The Morgan fingerprint density at radius 1 is 1.30 bits per heavy atom. The van der Waals surface area contributed by atoms with Crippen molar-refractivity contribution >= 4 is 22.6 Å². The molecule has 142 valence electrons. The highest BCUT2D eigenvalue weighted by atomic mass is 16.5. The number of nitrogens with zero attached hydrogens (tertiary/aromatic N) is 2. The van der Waals surface area contributed by atoms with Gasteiger partial charge in [0.15, 0.2) is 5.84 Å². The maximum Gasteiger partial charge on any atom is 0.278 e. The number of aliphatic imine (C=N–C) groups is 1. The van der Waals surface area contributed by atoms with Crippen molar-refractivity contribution in [1.82, 2.24) is 15.4 Å². The van der Waals surface area contributed by atoms with E-state index in [1.54, 1.807) is 0 Å². The molecular formula is C21H26N4O2. The van der Waals surface area contributed by atoms with E-state index in [4.69, 9.17) is 0 Å². The highest BCUT2D eigenvalue weighted by molar-refractivity contribution is 6.15. The largest absolute Gasteiger partial charge is 0.380 e. The molecule has 0 radical (unpaired) electrons. The second-order valence-corrected chi connectivity index (χ2v) is 6.13. The lowest BCUT2D eigenvalue weighted by atomic mass is 10.0. The molecule has 27 heavy (non-hydrogen) atoms. The molecule has 0 atom stereocenters. The predicted molar refractivity (Wildman–Crippen MR) is 109 cm³/mol. The molecule has 1 aliphatic heterocycles. The topological polar surface area (TPSA) is 80.7 Å². The van der Waals surface area contributed by atoms with Crippen molar-refractivity contribution in [2.75, 3.05) is 6.54 Å². The maximum absolute atomic E-state index is 12.1. The Morgan fingerprint density at radius 3 is 2.70 bits per heavy atom. The molecule has 3 N–H and O–H groups in total. The van der Waals surface area contributed by atoms with E-state index in [1.807, 2.05) is 33.0 Å². The Kier molecular flexibility index (Phi) is 6.73. The van der Waals surface area contributed by atoms with Gasteiger partial charge in [-0.15, -0.1) is 13.2 Å². The van der Waals surface area contributed by atoms with Crippen LogP contribution >= 0.6 is 0 Å². The zero-order valence-electron chi connectivity index (χ0n) is 16.0. The predicted octanol–water partition coefficient (Wildman–Crippen LogP) is 3.93. The number of allylic oxidation sites excluding steroid dienone is 1. The minimum Gasteiger partial charge on any atom is -0.380 e. The van der Waals surface area contributed by atoms with Gasteiger partial charge in [0.2, 0.25) is 0 Å². The summed E-state index contributed by atoms with van der Waals surface area (Å²) in [6.45, 7) is 12.8. The number of nitrogens with one attached hydrogen (secondary N) is 2. The first-order valence-electron chi connectivity index (χ1n) is 8.78. The van der Waals surface area contributed by atoms with E-state index in [0.717, 1.165) is 27.6 Å². The number of aromatic nitrogens is 1. The number of benzene rings is 1. The molecule has 0 fully saturated rings. The monoisotopic (exact) mass is 366 g/mol. The Balaban J connectivity index is 0.00000126. The molecule has 1 aromatic heterocycles. The average Bonchev–Trinajstić information content (AvgIpc) is 3.13. The first-order chi connectivity index (χ1) is 13.0. The number of amidine groups is 1. The first kappa shape index (κ1) is 20.2. The molecule has 1 amide bonds. The molecule has 0 saturated carbocycles. The number of hydrogen-bond donors (Lipinski definition) is 3. The molecule has 0 aliphatic carbocycles. The van der Waals surface area contributed by atoms with Crippen molar-refractivity contribution in [2.24, 2.45) is 4.99 Å². The third-order valence-electron chi connectivity index (χ3n) is 4.08. The van der Waals surface area contributed by atoms with Crippen molar-refractivity contribution in [3.8, 4) is 0 Å². The summed E-state index contributed by atoms with van der Waals surface area (Å²) in [5.41, 5.74) is 4.57. The highest BCUT2D eigenvalue weighted by Gasteiger charge is 2.29. The Labute approximate surface area is 159 Å². The number of aromatic amines is 1.